The summed E-state index contributed by atoms with van der Waals surface area (Å²) in [5.74, 6) is 0.809. The molecule has 19 heavy (non-hydrogen) atoms. The number of carbonyl (C=O) groups excluding carboxylic acids is 1. The molecule has 0 aromatic carbocycles. The first-order valence-electron chi connectivity index (χ1n) is 7.62. The summed E-state index contributed by atoms with van der Waals surface area (Å²) in [7, 11) is 0. The molecular formula is C14H26N4O. The number of rotatable bonds is 5. The molecule has 0 radical (unpaired) electrons. The third-order valence-electron chi connectivity index (χ3n) is 3.61. The molecule has 3 N–H and O–H groups in total. The highest BCUT2D eigenvalue weighted by atomic mass is 16.1. The van der Waals surface area contributed by atoms with Crippen molar-refractivity contribution in [1.29, 1.82) is 0 Å². The number of aliphatic imine (C=N–C) groups is 1. The Kier molecular flexibility index (Phi) is 5.48. The van der Waals surface area contributed by atoms with Crippen LogP contribution in [-0.2, 0) is 4.79 Å². The molecule has 0 heterocycles. The van der Waals surface area contributed by atoms with Crippen LogP contribution in [0.25, 0.3) is 0 Å². The van der Waals surface area contributed by atoms with Gasteiger partial charge in [0.05, 0.1) is 0 Å². The lowest BCUT2D eigenvalue weighted by molar-refractivity contribution is -0.120. The second kappa shape index (κ2) is 7.36. The van der Waals surface area contributed by atoms with E-state index in [0.29, 0.717) is 12.1 Å². The number of carbonyl (C=O) groups is 1. The molecule has 2 aliphatic rings. The second-order valence-corrected chi connectivity index (χ2v) is 5.52. The van der Waals surface area contributed by atoms with E-state index in [9.17, 15) is 4.79 Å². The molecule has 0 aromatic rings. The van der Waals surface area contributed by atoms with Gasteiger partial charge in [0.15, 0.2) is 5.96 Å². The summed E-state index contributed by atoms with van der Waals surface area (Å²) in [5.41, 5.74) is 0. The molecule has 2 rings (SSSR count). The molecule has 2 aliphatic carbocycles. The molecule has 0 unspecified atom stereocenters. The van der Waals surface area contributed by atoms with Gasteiger partial charge in [0.2, 0.25) is 5.91 Å². The maximum Gasteiger partial charge on any atom is 0.242 e. The van der Waals surface area contributed by atoms with Gasteiger partial charge in [0.1, 0.15) is 6.54 Å². The van der Waals surface area contributed by atoms with Gasteiger partial charge in [-0.05, 0) is 32.6 Å². The van der Waals surface area contributed by atoms with Crippen molar-refractivity contribution in [3.63, 3.8) is 0 Å². The van der Waals surface area contributed by atoms with Gasteiger partial charge in [-0.2, -0.15) is 0 Å². The van der Waals surface area contributed by atoms with E-state index in [0.717, 1.165) is 25.3 Å². The topological polar surface area (TPSA) is 65.5 Å². The molecule has 0 spiro atoms. The van der Waals surface area contributed by atoms with Crippen molar-refractivity contribution >= 4 is 11.9 Å². The average molecular weight is 266 g/mol. The molecule has 2 fully saturated rings. The highest BCUT2D eigenvalue weighted by Crippen LogP contribution is 2.18. The van der Waals surface area contributed by atoms with E-state index in [4.69, 9.17) is 0 Å². The first-order valence-corrected chi connectivity index (χ1v) is 7.62. The summed E-state index contributed by atoms with van der Waals surface area (Å²) in [6.07, 6.45) is 8.43. The molecule has 5 nitrogen and oxygen atoms in total. The third kappa shape index (κ3) is 5.49. The molecule has 0 aromatic heterocycles. The first-order chi connectivity index (χ1) is 9.28. The van der Waals surface area contributed by atoms with E-state index < -0.39 is 0 Å². The lowest BCUT2D eigenvalue weighted by Gasteiger charge is -2.22. The lowest BCUT2D eigenvalue weighted by Crippen LogP contribution is -2.41. The van der Waals surface area contributed by atoms with Crippen molar-refractivity contribution in [3.05, 3.63) is 0 Å². The summed E-state index contributed by atoms with van der Waals surface area (Å²) >= 11 is 0. The van der Waals surface area contributed by atoms with E-state index >= 15 is 0 Å². The number of guanidine groups is 1. The van der Waals surface area contributed by atoms with E-state index in [1.807, 2.05) is 6.92 Å². The number of amides is 1. The van der Waals surface area contributed by atoms with Crippen molar-refractivity contribution < 1.29 is 4.79 Å². The second-order valence-electron chi connectivity index (χ2n) is 5.52. The van der Waals surface area contributed by atoms with Crippen molar-refractivity contribution in [2.24, 2.45) is 4.99 Å². The third-order valence-corrected chi connectivity index (χ3v) is 3.61. The summed E-state index contributed by atoms with van der Waals surface area (Å²) in [6.45, 7) is 3.08. The molecule has 0 atom stereocenters. The van der Waals surface area contributed by atoms with Gasteiger partial charge >= 0.3 is 0 Å². The molecule has 0 aliphatic heterocycles. The number of hydrogen-bond donors (Lipinski definition) is 3. The minimum absolute atomic E-state index is 0.0416. The highest BCUT2D eigenvalue weighted by molar-refractivity contribution is 5.85. The maximum absolute atomic E-state index is 11.8. The average Bonchev–Trinajstić information content (AvgIpc) is 3.21. The monoisotopic (exact) mass is 266 g/mol. The summed E-state index contributed by atoms with van der Waals surface area (Å²) in [4.78, 5) is 16.2. The fraction of sp³-hybridized carbons (Fsp3) is 0.857. The minimum Gasteiger partial charge on any atom is -0.357 e. The Labute approximate surface area is 115 Å². The van der Waals surface area contributed by atoms with Gasteiger partial charge in [-0.15, -0.1) is 0 Å². The zero-order chi connectivity index (χ0) is 13.5. The molecule has 108 valence electrons. The Morgan fingerprint density at radius 3 is 2.37 bits per heavy atom. The fourth-order valence-corrected chi connectivity index (χ4v) is 2.41. The van der Waals surface area contributed by atoms with Crippen LogP contribution >= 0.6 is 0 Å². The van der Waals surface area contributed by atoms with Crippen LogP contribution in [-0.4, -0.2) is 37.0 Å². The fourth-order valence-electron chi connectivity index (χ4n) is 2.41. The highest BCUT2D eigenvalue weighted by Gasteiger charge is 2.22. The first kappa shape index (κ1) is 14.2. The molecule has 0 bridgehead atoms. The normalized spacial score (nSPS) is 21.0. The Bertz CT molecular complexity index is 319. The van der Waals surface area contributed by atoms with E-state index in [2.05, 4.69) is 20.9 Å². The van der Waals surface area contributed by atoms with Crippen molar-refractivity contribution in [2.45, 2.75) is 64.0 Å². The zero-order valence-electron chi connectivity index (χ0n) is 11.9. The van der Waals surface area contributed by atoms with Crippen molar-refractivity contribution in [2.75, 3.05) is 13.1 Å². The predicted molar refractivity (Wildman–Crippen MR) is 77.2 cm³/mol. The van der Waals surface area contributed by atoms with Crippen LogP contribution < -0.4 is 16.0 Å². The van der Waals surface area contributed by atoms with Crippen LogP contribution in [0.15, 0.2) is 4.99 Å². The van der Waals surface area contributed by atoms with E-state index in [1.165, 1.54) is 32.1 Å². The Morgan fingerprint density at radius 1 is 1.05 bits per heavy atom. The summed E-state index contributed by atoms with van der Waals surface area (Å²) < 4.78 is 0. The maximum atomic E-state index is 11.8. The van der Waals surface area contributed by atoms with Crippen LogP contribution in [0.1, 0.15) is 51.9 Å². The van der Waals surface area contributed by atoms with Gasteiger partial charge in [0, 0.05) is 18.6 Å². The van der Waals surface area contributed by atoms with E-state index in [-0.39, 0.29) is 12.5 Å². The van der Waals surface area contributed by atoms with E-state index in [1.54, 1.807) is 0 Å². The molecule has 0 saturated heterocycles. The van der Waals surface area contributed by atoms with Crippen LogP contribution in [0.5, 0.6) is 0 Å². The Hall–Kier alpha value is -1.26. The molecule has 1 amide bonds. The Morgan fingerprint density at radius 2 is 1.74 bits per heavy atom. The molecule has 5 heteroatoms. The lowest BCUT2D eigenvalue weighted by atomic mass is 9.95. The predicted octanol–water partition coefficient (Wildman–Crippen LogP) is 1.15. The molecule has 2 saturated carbocycles. The van der Waals surface area contributed by atoms with Gasteiger partial charge in [-0.1, -0.05) is 19.3 Å². The molecular weight excluding hydrogens is 240 g/mol. The smallest absolute Gasteiger partial charge is 0.242 e. The van der Waals surface area contributed by atoms with Gasteiger partial charge in [0.25, 0.3) is 0 Å². The zero-order valence-corrected chi connectivity index (χ0v) is 11.9. The van der Waals surface area contributed by atoms with Crippen LogP contribution in [0, 0.1) is 0 Å². The largest absolute Gasteiger partial charge is 0.357 e. The summed E-state index contributed by atoms with van der Waals surface area (Å²) in [6, 6.07) is 0.926. The Balaban J connectivity index is 1.72. The van der Waals surface area contributed by atoms with Gasteiger partial charge < -0.3 is 16.0 Å². The number of nitrogens with zero attached hydrogens (tertiary/aromatic N) is 1. The SMILES string of the molecule is CCNC(=NCC(=O)NC1CCCCC1)NC1CC1. The van der Waals surface area contributed by atoms with Crippen molar-refractivity contribution in [3.8, 4) is 0 Å². The van der Waals surface area contributed by atoms with Crippen molar-refractivity contribution in [1.82, 2.24) is 16.0 Å². The quantitative estimate of drug-likeness (QED) is 0.517. The standard InChI is InChI=1S/C14H26N4O/c1-2-15-14(18-12-8-9-12)16-10-13(19)17-11-6-4-3-5-7-11/h11-12H,2-10H2,1H3,(H,17,19)(H2,15,16,18). The van der Waals surface area contributed by atoms with Crippen LogP contribution in [0.3, 0.4) is 0 Å². The van der Waals surface area contributed by atoms with Gasteiger partial charge in [-0.3, -0.25) is 4.79 Å². The number of hydrogen-bond acceptors (Lipinski definition) is 2. The van der Waals surface area contributed by atoms with Crippen LogP contribution in [0.2, 0.25) is 0 Å². The number of nitrogens with one attached hydrogen (secondary N) is 3. The minimum atomic E-state index is 0.0416. The van der Waals surface area contributed by atoms with Gasteiger partial charge in [-0.25, -0.2) is 4.99 Å². The summed E-state index contributed by atoms with van der Waals surface area (Å²) in [5, 5.41) is 9.57. The van der Waals surface area contributed by atoms with Crippen LogP contribution in [0.4, 0.5) is 0 Å².